The van der Waals surface area contributed by atoms with E-state index in [4.69, 9.17) is 4.74 Å². The van der Waals surface area contributed by atoms with Gasteiger partial charge in [0.25, 0.3) is 0 Å². The second-order valence-corrected chi connectivity index (χ2v) is 5.75. The van der Waals surface area contributed by atoms with Crippen molar-refractivity contribution in [1.29, 1.82) is 0 Å². The highest BCUT2D eigenvalue weighted by Crippen LogP contribution is 2.15. The molecule has 0 radical (unpaired) electrons. The third-order valence-corrected chi connectivity index (χ3v) is 4.14. The summed E-state index contributed by atoms with van der Waals surface area (Å²) < 4.78 is 5.15. The van der Waals surface area contributed by atoms with Crippen LogP contribution in [0.5, 0.6) is 5.75 Å². The number of amides is 1. The molecule has 3 N–H and O–H groups in total. The summed E-state index contributed by atoms with van der Waals surface area (Å²) in [5.74, 6) is 0.778. The zero-order valence-corrected chi connectivity index (χ0v) is 13.8. The van der Waals surface area contributed by atoms with Gasteiger partial charge in [0.15, 0.2) is 6.29 Å². The number of nitrogens with zero attached hydrogens (tertiary/aromatic N) is 1. The van der Waals surface area contributed by atoms with Crippen molar-refractivity contribution in [3.05, 3.63) is 60.2 Å². The molecule has 6 nitrogen and oxygen atoms in total. The Morgan fingerprint density at radius 2 is 1.75 bits per heavy atom. The lowest BCUT2D eigenvalue weighted by Gasteiger charge is -2.37. The van der Waals surface area contributed by atoms with Crippen molar-refractivity contribution < 1.29 is 9.53 Å². The van der Waals surface area contributed by atoms with Crippen LogP contribution in [-0.2, 0) is 11.2 Å². The third kappa shape index (κ3) is 3.67. The van der Waals surface area contributed by atoms with Crippen LogP contribution in [0.2, 0.25) is 0 Å². The van der Waals surface area contributed by atoms with E-state index in [2.05, 4.69) is 16.2 Å². The molecule has 2 atom stereocenters. The van der Waals surface area contributed by atoms with Crippen molar-refractivity contribution in [2.45, 2.75) is 18.8 Å². The smallest absolute Gasteiger partial charge is 0.241 e. The minimum atomic E-state index is -0.321. The fraction of sp³-hybridized carbons (Fsp3) is 0.278. The summed E-state index contributed by atoms with van der Waals surface area (Å²) in [6, 6.07) is 17.3. The number of ether oxygens (including phenoxy) is 1. The Labute approximate surface area is 141 Å². The first-order valence-corrected chi connectivity index (χ1v) is 7.89. The fourth-order valence-corrected chi connectivity index (χ4v) is 2.66. The summed E-state index contributed by atoms with van der Waals surface area (Å²) in [5, 5.41) is 3.00. The van der Waals surface area contributed by atoms with Crippen LogP contribution in [0.15, 0.2) is 54.6 Å². The molecule has 1 aliphatic rings. The normalized spacial score (nSPS) is 20.3. The molecule has 1 saturated heterocycles. The van der Waals surface area contributed by atoms with E-state index < -0.39 is 0 Å². The first kappa shape index (κ1) is 16.3. The monoisotopic (exact) mass is 326 g/mol. The molecule has 0 aliphatic carbocycles. The average Bonchev–Trinajstić information content (AvgIpc) is 2.64. The second kappa shape index (κ2) is 7.33. The van der Waals surface area contributed by atoms with Gasteiger partial charge in [0.05, 0.1) is 7.11 Å². The van der Waals surface area contributed by atoms with E-state index in [0.29, 0.717) is 6.42 Å². The largest absolute Gasteiger partial charge is 0.497 e. The van der Waals surface area contributed by atoms with Gasteiger partial charge in [-0.15, -0.1) is 0 Å². The van der Waals surface area contributed by atoms with Crippen molar-refractivity contribution in [2.24, 2.45) is 0 Å². The number of benzene rings is 2. The minimum absolute atomic E-state index is 0.0302. The maximum absolute atomic E-state index is 12.4. The highest BCUT2D eigenvalue weighted by Gasteiger charge is 2.29. The van der Waals surface area contributed by atoms with Crippen LogP contribution in [0.25, 0.3) is 0 Å². The fourth-order valence-electron chi connectivity index (χ4n) is 2.66. The molecule has 0 saturated carbocycles. The summed E-state index contributed by atoms with van der Waals surface area (Å²) in [6.45, 7) is 0. The van der Waals surface area contributed by atoms with Crippen LogP contribution in [0.3, 0.4) is 0 Å². The molecule has 24 heavy (non-hydrogen) atoms. The summed E-state index contributed by atoms with van der Waals surface area (Å²) in [6.07, 6.45) is 0.303. The highest BCUT2D eigenvalue weighted by atomic mass is 16.5. The van der Waals surface area contributed by atoms with Crippen LogP contribution in [-0.4, -0.2) is 32.4 Å². The van der Waals surface area contributed by atoms with Gasteiger partial charge >= 0.3 is 0 Å². The Hall–Kier alpha value is -2.57. The number of methoxy groups -OCH3 is 1. The Bertz CT molecular complexity index is 675. The van der Waals surface area contributed by atoms with Crippen molar-refractivity contribution >= 4 is 11.6 Å². The van der Waals surface area contributed by atoms with Gasteiger partial charge in [-0.1, -0.05) is 30.3 Å². The molecule has 2 aromatic rings. The van der Waals surface area contributed by atoms with Crippen molar-refractivity contribution in [3.8, 4) is 5.75 Å². The van der Waals surface area contributed by atoms with Crippen LogP contribution >= 0.6 is 0 Å². The van der Waals surface area contributed by atoms with E-state index in [1.165, 1.54) is 0 Å². The topological polar surface area (TPSA) is 65.6 Å². The molecule has 0 bridgehead atoms. The number of anilines is 1. The summed E-state index contributed by atoms with van der Waals surface area (Å²) in [7, 11) is 3.57. The predicted molar refractivity (Wildman–Crippen MR) is 93.5 cm³/mol. The molecule has 0 spiro atoms. The molecule has 1 heterocycles. The molecule has 1 aliphatic heterocycles. The Morgan fingerprint density at radius 3 is 2.38 bits per heavy atom. The van der Waals surface area contributed by atoms with E-state index >= 15 is 0 Å². The van der Waals surface area contributed by atoms with E-state index in [9.17, 15) is 4.79 Å². The number of carbonyl (C=O) groups excluding carboxylic acids is 1. The molecule has 0 aromatic heterocycles. The number of para-hydroxylation sites is 1. The lowest BCUT2D eigenvalue weighted by Crippen LogP contribution is -2.70. The maximum atomic E-state index is 12.4. The number of nitrogens with one attached hydrogen (secondary N) is 3. The number of rotatable bonds is 5. The Kier molecular flexibility index (Phi) is 4.98. The third-order valence-electron chi connectivity index (χ3n) is 4.14. The highest BCUT2D eigenvalue weighted by molar-refractivity contribution is 5.83. The number of hydrogen-bond acceptors (Lipinski definition) is 5. The van der Waals surface area contributed by atoms with E-state index in [-0.39, 0.29) is 18.2 Å². The molecule has 2 unspecified atom stereocenters. The SMILES string of the molecule is COc1ccc(CC2NNC(N(C)c3ccccc3)NC2=O)cc1. The predicted octanol–water partition coefficient (Wildman–Crippen LogP) is 1.25. The summed E-state index contributed by atoms with van der Waals surface area (Å²) in [4.78, 5) is 14.4. The van der Waals surface area contributed by atoms with Crippen LogP contribution in [0.4, 0.5) is 5.69 Å². The van der Waals surface area contributed by atoms with Crippen molar-refractivity contribution in [3.63, 3.8) is 0 Å². The van der Waals surface area contributed by atoms with Crippen LogP contribution in [0.1, 0.15) is 5.56 Å². The van der Waals surface area contributed by atoms with Crippen LogP contribution in [0, 0.1) is 0 Å². The van der Waals surface area contributed by atoms with Crippen LogP contribution < -0.4 is 25.8 Å². The molecule has 1 fully saturated rings. The van der Waals surface area contributed by atoms with Crippen molar-refractivity contribution in [2.75, 3.05) is 19.1 Å². The standard InChI is InChI=1S/C18H22N4O2/c1-22(14-6-4-3-5-7-14)18-19-17(23)16(20-21-18)12-13-8-10-15(24-2)11-9-13/h3-11,16,18,20-21H,12H2,1-2H3,(H,19,23). The second-order valence-electron chi connectivity index (χ2n) is 5.75. The number of carbonyl (C=O) groups is 1. The Morgan fingerprint density at radius 1 is 1.04 bits per heavy atom. The van der Waals surface area contributed by atoms with Gasteiger partial charge in [-0.05, 0) is 36.2 Å². The molecule has 1 amide bonds. The van der Waals surface area contributed by atoms with Gasteiger partial charge in [0.2, 0.25) is 5.91 Å². The zero-order chi connectivity index (χ0) is 16.9. The number of hydrogen-bond donors (Lipinski definition) is 3. The van der Waals surface area contributed by atoms with Crippen molar-refractivity contribution in [1.82, 2.24) is 16.2 Å². The molecule has 3 rings (SSSR count). The summed E-state index contributed by atoms with van der Waals surface area (Å²) in [5.41, 5.74) is 8.36. The molecular formula is C18H22N4O2. The van der Waals surface area contributed by atoms with Gasteiger partial charge < -0.3 is 15.0 Å². The summed E-state index contributed by atoms with van der Waals surface area (Å²) >= 11 is 0. The minimum Gasteiger partial charge on any atom is -0.497 e. The van der Waals surface area contributed by atoms with Gasteiger partial charge in [0, 0.05) is 12.7 Å². The van der Waals surface area contributed by atoms with Gasteiger partial charge in [0.1, 0.15) is 11.8 Å². The van der Waals surface area contributed by atoms with Gasteiger partial charge in [-0.2, -0.15) is 0 Å². The average molecular weight is 326 g/mol. The lowest BCUT2D eigenvalue weighted by atomic mass is 10.1. The molecule has 6 heteroatoms. The van der Waals surface area contributed by atoms with Gasteiger partial charge in [-0.25, -0.2) is 10.9 Å². The molecular weight excluding hydrogens is 304 g/mol. The van der Waals surface area contributed by atoms with E-state index in [1.807, 2.05) is 66.5 Å². The zero-order valence-electron chi connectivity index (χ0n) is 13.8. The van der Waals surface area contributed by atoms with E-state index in [1.54, 1.807) is 7.11 Å². The quantitative estimate of drug-likeness (QED) is 0.772. The molecule has 126 valence electrons. The molecule has 2 aromatic carbocycles. The number of hydrazine groups is 1. The van der Waals surface area contributed by atoms with Gasteiger partial charge in [-0.3, -0.25) is 4.79 Å². The first-order chi connectivity index (χ1) is 11.7. The van der Waals surface area contributed by atoms with E-state index in [0.717, 1.165) is 17.0 Å². The first-order valence-electron chi connectivity index (χ1n) is 7.89. The maximum Gasteiger partial charge on any atom is 0.241 e. The lowest BCUT2D eigenvalue weighted by molar-refractivity contribution is -0.126. The Balaban J connectivity index is 1.59.